The molecule has 2 aromatic rings. The molecule has 0 spiro atoms. The predicted molar refractivity (Wildman–Crippen MR) is 98.7 cm³/mol. The van der Waals surface area contributed by atoms with Crippen LogP contribution in [0.15, 0.2) is 51.6 Å². The highest BCUT2D eigenvalue weighted by atomic mass is 32.2. The van der Waals surface area contributed by atoms with E-state index in [1.54, 1.807) is 12.5 Å². The first-order valence-electron chi connectivity index (χ1n) is 7.72. The van der Waals surface area contributed by atoms with Crippen molar-refractivity contribution in [1.82, 2.24) is 5.06 Å². The van der Waals surface area contributed by atoms with Crippen LogP contribution in [0.2, 0.25) is 0 Å². The maximum Gasteiger partial charge on any atom is 0.318 e. The summed E-state index contributed by atoms with van der Waals surface area (Å²) < 4.78 is 29.5. The highest BCUT2D eigenvalue weighted by molar-refractivity contribution is 7.80. The van der Waals surface area contributed by atoms with E-state index in [9.17, 15) is 8.42 Å². The summed E-state index contributed by atoms with van der Waals surface area (Å²) in [4.78, 5) is 5.50. The molecule has 0 amide bonds. The topological polar surface area (TPSA) is 72.1 Å². The third-order valence-corrected chi connectivity index (χ3v) is 4.75. The van der Waals surface area contributed by atoms with Crippen molar-refractivity contribution in [1.29, 1.82) is 0 Å². The van der Waals surface area contributed by atoms with Crippen LogP contribution in [-0.2, 0) is 15.3 Å². The van der Waals surface area contributed by atoms with Gasteiger partial charge in [-0.05, 0) is 35.0 Å². The zero-order valence-corrected chi connectivity index (χ0v) is 15.9. The maximum absolute atomic E-state index is 10.5. The first-order chi connectivity index (χ1) is 11.9. The first-order valence-corrected chi connectivity index (χ1v) is 9.16. The van der Waals surface area contributed by atoms with Gasteiger partial charge >= 0.3 is 10.5 Å². The lowest BCUT2D eigenvalue weighted by Crippen LogP contribution is -2.25. The molecule has 1 aromatic heterocycles. The molecule has 2 atom stereocenters. The van der Waals surface area contributed by atoms with Gasteiger partial charge in [-0.3, -0.25) is 4.84 Å². The predicted octanol–water partition coefficient (Wildman–Crippen LogP) is 3.75. The Kier molecular flexibility index (Phi) is 6.86. The lowest BCUT2D eigenvalue weighted by atomic mass is 9.91. The fraction of sp³-hybridized carbons (Fsp3) is 0.353. The molecule has 0 saturated heterocycles. The van der Waals surface area contributed by atoms with E-state index in [1.807, 2.05) is 25.1 Å². The third kappa shape index (κ3) is 5.48. The van der Waals surface area contributed by atoms with Gasteiger partial charge in [0.2, 0.25) is 5.11 Å². The van der Waals surface area contributed by atoms with Crippen molar-refractivity contribution in [2.45, 2.75) is 25.7 Å². The lowest BCUT2D eigenvalue weighted by Gasteiger charge is -2.20. The minimum Gasteiger partial charge on any atom is -0.472 e. The summed E-state index contributed by atoms with van der Waals surface area (Å²) in [7, 11) is -1.05. The summed E-state index contributed by atoms with van der Waals surface area (Å²) >= 11 is 4.85. The van der Waals surface area contributed by atoms with Gasteiger partial charge in [0.15, 0.2) is 0 Å². The van der Waals surface area contributed by atoms with Gasteiger partial charge in [0.1, 0.15) is 0 Å². The fourth-order valence-corrected chi connectivity index (χ4v) is 2.82. The van der Waals surface area contributed by atoms with Crippen molar-refractivity contribution in [3.8, 4) is 0 Å². The monoisotopic (exact) mass is 380 g/mol. The van der Waals surface area contributed by atoms with Gasteiger partial charge in [0.25, 0.3) is 0 Å². The number of nitrogens with zero attached hydrogens (tertiary/aromatic N) is 2. The Morgan fingerprint density at radius 2 is 2.00 bits per heavy atom. The van der Waals surface area contributed by atoms with Crippen LogP contribution < -0.4 is 0 Å². The van der Waals surface area contributed by atoms with Crippen molar-refractivity contribution in [3.63, 3.8) is 0 Å². The molecule has 1 aromatic carbocycles. The highest BCUT2D eigenvalue weighted by Crippen LogP contribution is 2.27. The molecular formula is C17H20N2O4S2. The summed E-state index contributed by atoms with van der Waals surface area (Å²) in [6, 6.07) is 10.2. The zero-order valence-electron chi connectivity index (χ0n) is 14.2. The van der Waals surface area contributed by atoms with Crippen molar-refractivity contribution < 1.29 is 17.7 Å². The number of hydrogen-bond acceptors (Lipinski definition) is 5. The van der Waals surface area contributed by atoms with Crippen LogP contribution in [-0.4, -0.2) is 32.2 Å². The number of furan rings is 1. The maximum atomic E-state index is 10.5. The average Bonchev–Trinajstić information content (AvgIpc) is 3.12. The lowest BCUT2D eigenvalue weighted by molar-refractivity contribution is -0.0828. The van der Waals surface area contributed by atoms with Crippen molar-refractivity contribution in [2.75, 3.05) is 13.7 Å². The number of benzene rings is 1. The van der Waals surface area contributed by atoms with E-state index in [2.05, 4.69) is 23.4 Å². The van der Waals surface area contributed by atoms with Crippen molar-refractivity contribution in [2.24, 2.45) is 4.36 Å². The van der Waals surface area contributed by atoms with E-state index >= 15 is 0 Å². The van der Waals surface area contributed by atoms with Crippen molar-refractivity contribution >= 4 is 27.8 Å². The molecule has 0 saturated carbocycles. The number of hydroxylamine groups is 2. The summed E-state index contributed by atoms with van der Waals surface area (Å²) in [5.74, 6) is 0.326. The molecule has 0 aliphatic heterocycles. The van der Waals surface area contributed by atoms with Crippen LogP contribution in [0.1, 0.15) is 42.4 Å². The largest absolute Gasteiger partial charge is 0.472 e. The third-order valence-electron chi connectivity index (χ3n) is 3.96. The molecule has 6 nitrogen and oxygen atoms in total. The van der Waals surface area contributed by atoms with Gasteiger partial charge in [-0.25, -0.2) is 5.06 Å². The zero-order chi connectivity index (χ0) is 18.4. The van der Waals surface area contributed by atoms with Crippen molar-refractivity contribution in [3.05, 3.63) is 59.5 Å². The second-order valence-electron chi connectivity index (χ2n) is 5.73. The van der Waals surface area contributed by atoms with Crippen LogP contribution >= 0.6 is 12.2 Å². The summed E-state index contributed by atoms with van der Waals surface area (Å²) in [6.07, 6.45) is 3.42. The molecule has 0 radical (unpaired) electrons. The Labute approximate surface area is 154 Å². The molecule has 0 bridgehead atoms. The Balaban J connectivity index is 2.02. The van der Waals surface area contributed by atoms with E-state index in [4.69, 9.17) is 21.5 Å². The van der Waals surface area contributed by atoms with Gasteiger partial charge in [-0.1, -0.05) is 38.1 Å². The second-order valence-corrected chi connectivity index (χ2v) is 6.72. The molecule has 1 heterocycles. The molecule has 0 aliphatic rings. The van der Waals surface area contributed by atoms with Crippen LogP contribution in [0.4, 0.5) is 0 Å². The molecular weight excluding hydrogens is 360 g/mol. The van der Waals surface area contributed by atoms with E-state index in [1.165, 1.54) is 17.7 Å². The Morgan fingerprint density at radius 3 is 2.64 bits per heavy atom. The summed E-state index contributed by atoms with van der Waals surface area (Å²) in [5.41, 5.74) is 3.43. The van der Waals surface area contributed by atoms with Gasteiger partial charge in [-0.2, -0.15) is 8.42 Å². The Bertz CT molecular complexity index is 839. The Morgan fingerprint density at radius 1 is 1.28 bits per heavy atom. The second kappa shape index (κ2) is 8.89. The van der Waals surface area contributed by atoms with E-state index in [0.29, 0.717) is 6.61 Å². The number of thiocarbonyl (C=S) groups is 1. The highest BCUT2D eigenvalue weighted by Gasteiger charge is 2.14. The molecule has 134 valence electrons. The van der Waals surface area contributed by atoms with Crippen LogP contribution in [0, 0.1) is 0 Å². The molecule has 2 rings (SSSR count). The van der Waals surface area contributed by atoms with Crippen LogP contribution in [0.3, 0.4) is 0 Å². The standard InChI is InChI=1S/C17H20N2O4S2/c1-12(10-23-19(3)17(24)18-25(20)21)14-5-4-6-15(9-14)13(2)16-7-8-22-11-16/h4-9,11-13H,10H2,1-3H3. The molecule has 2 unspecified atom stereocenters. The molecule has 0 N–H and O–H groups in total. The molecule has 0 aliphatic carbocycles. The van der Waals surface area contributed by atoms with Gasteiger partial charge in [0, 0.05) is 18.9 Å². The van der Waals surface area contributed by atoms with Crippen LogP contribution in [0.5, 0.6) is 0 Å². The van der Waals surface area contributed by atoms with Gasteiger partial charge < -0.3 is 4.42 Å². The average molecular weight is 380 g/mol. The van der Waals surface area contributed by atoms with E-state index in [0.717, 1.165) is 11.1 Å². The first kappa shape index (κ1) is 19.3. The number of rotatable bonds is 6. The molecule has 8 heteroatoms. The van der Waals surface area contributed by atoms with E-state index in [-0.39, 0.29) is 16.9 Å². The Hall–Kier alpha value is -2.03. The van der Waals surface area contributed by atoms with Gasteiger partial charge in [0.05, 0.1) is 19.1 Å². The van der Waals surface area contributed by atoms with Crippen LogP contribution in [0.25, 0.3) is 0 Å². The smallest absolute Gasteiger partial charge is 0.318 e. The van der Waals surface area contributed by atoms with Gasteiger partial charge in [-0.15, -0.1) is 4.36 Å². The fourth-order valence-electron chi connectivity index (χ4n) is 2.35. The normalized spacial score (nSPS) is 13.1. The van der Waals surface area contributed by atoms with E-state index < -0.39 is 10.5 Å². The number of hydrogen-bond donors (Lipinski definition) is 0. The SMILES string of the molecule is CC(CON(C)C(=S)N=S(=O)=O)c1cccc(C(C)c2ccoc2)c1. The molecule has 0 fully saturated rings. The summed E-state index contributed by atoms with van der Waals surface area (Å²) in [6.45, 7) is 4.50. The quantitative estimate of drug-likeness (QED) is 0.561. The minimum absolute atomic E-state index is 0.0968. The minimum atomic E-state index is -2.59. The molecule has 25 heavy (non-hydrogen) atoms. The summed E-state index contributed by atoms with van der Waals surface area (Å²) in [5, 5.41) is 1.04.